The van der Waals surface area contributed by atoms with Crippen molar-refractivity contribution in [3.63, 3.8) is 0 Å². The highest BCUT2D eigenvalue weighted by Crippen LogP contribution is 2.23. The summed E-state index contributed by atoms with van der Waals surface area (Å²) in [5, 5.41) is 10.1. The maximum Gasteiger partial charge on any atom is 0.322 e. The van der Waals surface area contributed by atoms with Crippen LogP contribution in [0.2, 0.25) is 4.34 Å². The summed E-state index contributed by atoms with van der Waals surface area (Å²) in [5.74, 6) is -0.137. The van der Waals surface area contributed by atoms with E-state index in [0.29, 0.717) is 16.6 Å². The number of sulfone groups is 1. The van der Waals surface area contributed by atoms with Gasteiger partial charge in [0.1, 0.15) is 0 Å². The number of aromatic nitrogens is 2. The van der Waals surface area contributed by atoms with Gasteiger partial charge in [-0.3, -0.25) is 10.1 Å². The van der Waals surface area contributed by atoms with E-state index >= 15 is 0 Å². The van der Waals surface area contributed by atoms with Crippen molar-refractivity contribution in [3.05, 3.63) is 57.6 Å². The fourth-order valence-corrected chi connectivity index (χ4v) is 4.73. The van der Waals surface area contributed by atoms with Crippen LogP contribution in [0.5, 0.6) is 0 Å². The number of halogens is 1. The first-order valence-electron chi connectivity index (χ1n) is 8.06. The Bertz CT molecular complexity index is 1020. The summed E-state index contributed by atoms with van der Waals surface area (Å²) in [6, 6.07) is 11.8. The van der Waals surface area contributed by atoms with Crippen molar-refractivity contribution in [1.29, 1.82) is 0 Å². The van der Waals surface area contributed by atoms with Gasteiger partial charge >= 0.3 is 6.01 Å². The number of rotatable bonds is 8. The van der Waals surface area contributed by atoms with Crippen LogP contribution in [-0.2, 0) is 21.1 Å². The summed E-state index contributed by atoms with van der Waals surface area (Å²) < 4.78 is 30.4. The lowest BCUT2D eigenvalue weighted by atomic mass is 10.3. The molecular formula is C17H16ClN3O4S2. The second-order valence-electron chi connectivity index (χ2n) is 5.67. The summed E-state index contributed by atoms with van der Waals surface area (Å²) in [7, 11) is -3.40. The summed E-state index contributed by atoms with van der Waals surface area (Å²) in [5.41, 5.74) is 0. The van der Waals surface area contributed by atoms with Gasteiger partial charge in [-0.25, -0.2) is 8.42 Å². The predicted molar refractivity (Wildman–Crippen MR) is 103 cm³/mol. The zero-order chi connectivity index (χ0) is 19.3. The number of carbonyl (C=O) groups excluding carboxylic acids is 1. The molecule has 0 saturated carbocycles. The number of nitrogens with one attached hydrogen (secondary N) is 1. The zero-order valence-corrected chi connectivity index (χ0v) is 16.5. The van der Waals surface area contributed by atoms with Gasteiger partial charge in [0, 0.05) is 11.3 Å². The van der Waals surface area contributed by atoms with E-state index in [1.54, 1.807) is 24.3 Å². The van der Waals surface area contributed by atoms with Crippen LogP contribution in [0.4, 0.5) is 6.01 Å². The topological polar surface area (TPSA) is 102 Å². The molecule has 3 rings (SSSR count). The van der Waals surface area contributed by atoms with Crippen molar-refractivity contribution < 1.29 is 17.6 Å². The number of amides is 1. The third kappa shape index (κ3) is 5.62. The highest BCUT2D eigenvalue weighted by molar-refractivity contribution is 7.91. The molecule has 1 amide bonds. The third-order valence-electron chi connectivity index (χ3n) is 3.59. The minimum atomic E-state index is -3.40. The van der Waals surface area contributed by atoms with Crippen molar-refractivity contribution in [1.82, 2.24) is 10.2 Å². The monoisotopic (exact) mass is 425 g/mol. The van der Waals surface area contributed by atoms with Crippen molar-refractivity contribution in [2.45, 2.75) is 24.2 Å². The molecule has 0 aliphatic carbocycles. The molecule has 7 nitrogen and oxygen atoms in total. The highest BCUT2D eigenvalue weighted by atomic mass is 35.5. The fraction of sp³-hybridized carbons (Fsp3) is 0.235. The Balaban J connectivity index is 1.47. The van der Waals surface area contributed by atoms with E-state index in [1.807, 2.05) is 6.07 Å². The molecule has 1 N–H and O–H groups in total. The van der Waals surface area contributed by atoms with Gasteiger partial charge in [-0.05, 0) is 30.7 Å². The molecular weight excluding hydrogens is 410 g/mol. The molecule has 0 unspecified atom stereocenters. The summed E-state index contributed by atoms with van der Waals surface area (Å²) >= 11 is 7.28. The molecule has 0 saturated heterocycles. The van der Waals surface area contributed by atoms with E-state index in [4.69, 9.17) is 16.0 Å². The molecule has 1 aromatic carbocycles. The molecule has 0 bridgehead atoms. The molecule has 2 heterocycles. The summed E-state index contributed by atoms with van der Waals surface area (Å²) in [6.45, 7) is 0. The van der Waals surface area contributed by atoms with Crippen LogP contribution >= 0.6 is 22.9 Å². The molecule has 0 aliphatic heterocycles. The van der Waals surface area contributed by atoms with Crippen molar-refractivity contribution in [2.24, 2.45) is 0 Å². The number of benzene rings is 1. The molecule has 0 atom stereocenters. The van der Waals surface area contributed by atoms with Gasteiger partial charge in [-0.15, -0.1) is 16.4 Å². The van der Waals surface area contributed by atoms with Crippen LogP contribution < -0.4 is 5.32 Å². The Labute approximate surface area is 165 Å². The van der Waals surface area contributed by atoms with Gasteiger partial charge in [0.05, 0.1) is 21.4 Å². The molecule has 0 aliphatic rings. The number of anilines is 1. The van der Waals surface area contributed by atoms with Crippen LogP contribution in [0.1, 0.15) is 23.6 Å². The Morgan fingerprint density at radius 1 is 1.15 bits per heavy atom. The molecule has 142 valence electrons. The van der Waals surface area contributed by atoms with Crippen molar-refractivity contribution in [2.75, 3.05) is 11.1 Å². The van der Waals surface area contributed by atoms with Gasteiger partial charge in [-0.1, -0.05) is 34.9 Å². The summed E-state index contributed by atoms with van der Waals surface area (Å²) in [4.78, 5) is 13.2. The quantitative estimate of drug-likeness (QED) is 0.591. The normalized spacial score (nSPS) is 11.4. The second kappa shape index (κ2) is 8.64. The Kier molecular flexibility index (Phi) is 6.25. The van der Waals surface area contributed by atoms with E-state index in [1.165, 1.54) is 23.5 Å². The van der Waals surface area contributed by atoms with E-state index in [-0.39, 0.29) is 35.4 Å². The first kappa shape index (κ1) is 19.5. The lowest BCUT2D eigenvalue weighted by molar-refractivity contribution is -0.116. The van der Waals surface area contributed by atoms with Gasteiger partial charge in [0.2, 0.25) is 11.8 Å². The van der Waals surface area contributed by atoms with Crippen LogP contribution in [0.25, 0.3) is 0 Å². The lowest BCUT2D eigenvalue weighted by Gasteiger charge is -2.04. The smallest absolute Gasteiger partial charge is 0.322 e. The van der Waals surface area contributed by atoms with Crippen molar-refractivity contribution >= 4 is 44.7 Å². The average molecular weight is 426 g/mol. The van der Waals surface area contributed by atoms with Crippen LogP contribution in [-0.4, -0.2) is 30.3 Å². The van der Waals surface area contributed by atoms with E-state index in [2.05, 4.69) is 15.5 Å². The van der Waals surface area contributed by atoms with E-state index < -0.39 is 9.84 Å². The number of carbonyl (C=O) groups is 1. The van der Waals surface area contributed by atoms with Gasteiger partial charge in [-0.2, -0.15) is 0 Å². The molecule has 0 fully saturated rings. The van der Waals surface area contributed by atoms with Gasteiger partial charge in [0.15, 0.2) is 9.84 Å². The first-order valence-corrected chi connectivity index (χ1v) is 10.9. The lowest BCUT2D eigenvalue weighted by Crippen LogP contribution is -2.14. The average Bonchev–Trinajstić information content (AvgIpc) is 3.24. The maximum atomic E-state index is 12.2. The van der Waals surface area contributed by atoms with Crippen LogP contribution in [0.15, 0.2) is 51.8 Å². The second-order valence-corrected chi connectivity index (χ2v) is 9.58. The molecule has 3 aromatic rings. The minimum Gasteiger partial charge on any atom is -0.407 e. The maximum absolute atomic E-state index is 12.2. The number of hydrogen-bond acceptors (Lipinski definition) is 7. The third-order valence-corrected chi connectivity index (χ3v) is 6.63. The predicted octanol–water partition coefficient (Wildman–Crippen LogP) is 3.57. The largest absolute Gasteiger partial charge is 0.407 e. The number of nitrogens with zero attached hydrogens (tertiary/aromatic N) is 2. The van der Waals surface area contributed by atoms with Gasteiger partial charge < -0.3 is 4.42 Å². The first-order chi connectivity index (χ1) is 12.9. The number of hydrogen-bond donors (Lipinski definition) is 1. The van der Waals surface area contributed by atoms with Crippen LogP contribution in [0, 0.1) is 0 Å². The van der Waals surface area contributed by atoms with E-state index in [0.717, 1.165) is 4.88 Å². The standard InChI is InChI=1S/C17H16ClN3O4S2/c18-14-9-8-12(26-14)11-16-20-21-17(25-16)19-15(22)7-4-10-27(23,24)13-5-2-1-3-6-13/h1-3,5-6,8-9H,4,7,10-11H2,(H,19,21,22). The molecule has 10 heteroatoms. The fourth-order valence-electron chi connectivity index (χ4n) is 2.32. The molecule has 27 heavy (non-hydrogen) atoms. The molecule has 0 radical (unpaired) electrons. The molecule has 0 spiro atoms. The van der Waals surface area contributed by atoms with Crippen molar-refractivity contribution in [3.8, 4) is 0 Å². The Hall–Kier alpha value is -2.23. The van der Waals surface area contributed by atoms with Gasteiger partial charge in [0.25, 0.3) is 0 Å². The molecule has 2 aromatic heterocycles. The zero-order valence-electron chi connectivity index (χ0n) is 14.1. The van der Waals surface area contributed by atoms with E-state index in [9.17, 15) is 13.2 Å². The van der Waals surface area contributed by atoms with Crippen LogP contribution in [0.3, 0.4) is 0 Å². The highest BCUT2D eigenvalue weighted by Gasteiger charge is 2.16. The SMILES string of the molecule is O=C(CCCS(=O)(=O)c1ccccc1)Nc1nnc(Cc2ccc(Cl)s2)o1. The number of thiophene rings is 1. The Morgan fingerprint density at radius 3 is 2.63 bits per heavy atom. The summed E-state index contributed by atoms with van der Waals surface area (Å²) in [6.07, 6.45) is 0.650. The Morgan fingerprint density at radius 2 is 1.93 bits per heavy atom. The minimum absolute atomic E-state index is 0.0106.